The SMILES string of the molecule is CCCNCc1cc(F)cc([N+](=O)[O-])c1. The van der Waals surface area contributed by atoms with Gasteiger partial charge in [-0.15, -0.1) is 0 Å². The first-order valence-electron chi connectivity index (χ1n) is 4.78. The van der Waals surface area contributed by atoms with Crippen LogP contribution in [-0.4, -0.2) is 11.5 Å². The van der Waals surface area contributed by atoms with Gasteiger partial charge < -0.3 is 5.32 Å². The van der Waals surface area contributed by atoms with E-state index < -0.39 is 10.7 Å². The molecule has 82 valence electrons. The van der Waals surface area contributed by atoms with Crippen molar-refractivity contribution in [2.75, 3.05) is 6.54 Å². The largest absolute Gasteiger partial charge is 0.313 e. The Balaban J connectivity index is 2.75. The molecule has 0 heterocycles. The van der Waals surface area contributed by atoms with Crippen LogP contribution in [-0.2, 0) is 6.54 Å². The molecule has 4 nitrogen and oxygen atoms in total. The van der Waals surface area contributed by atoms with Crippen molar-refractivity contribution in [2.24, 2.45) is 0 Å². The van der Waals surface area contributed by atoms with E-state index in [0.29, 0.717) is 12.1 Å². The summed E-state index contributed by atoms with van der Waals surface area (Å²) in [5.41, 5.74) is 0.387. The zero-order valence-electron chi connectivity index (χ0n) is 8.50. The van der Waals surface area contributed by atoms with Gasteiger partial charge in [0.05, 0.1) is 11.0 Å². The number of benzene rings is 1. The highest BCUT2D eigenvalue weighted by molar-refractivity contribution is 5.35. The second kappa shape index (κ2) is 5.41. The average molecular weight is 212 g/mol. The summed E-state index contributed by atoms with van der Waals surface area (Å²) < 4.78 is 13.0. The number of rotatable bonds is 5. The first-order valence-corrected chi connectivity index (χ1v) is 4.78. The van der Waals surface area contributed by atoms with Crippen LogP contribution >= 0.6 is 0 Å². The smallest absolute Gasteiger partial charge is 0.272 e. The molecule has 15 heavy (non-hydrogen) atoms. The summed E-state index contributed by atoms with van der Waals surface area (Å²) in [6.45, 7) is 3.28. The maximum absolute atomic E-state index is 13.0. The Bertz CT molecular complexity index is 355. The zero-order valence-corrected chi connectivity index (χ0v) is 8.50. The Morgan fingerprint density at radius 3 is 2.80 bits per heavy atom. The lowest BCUT2D eigenvalue weighted by molar-refractivity contribution is -0.385. The molecule has 5 heteroatoms. The van der Waals surface area contributed by atoms with E-state index >= 15 is 0 Å². The standard InChI is InChI=1S/C10H13FN2O2/c1-2-3-12-7-8-4-9(11)6-10(5-8)13(14)15/h4-6,12H,2-3,7H2,1H3. The second-order valence-electron chi connectivity index (χ2n) is 3.25. The van der Waals surface area contributed by atoms with Crippen molar-refractivity contribution in [1.29, 1.82) is 0 Å². The van der Waals surface area contributed by atoms with Gasteiger partial charge in [0, 0.05) is 12.6 Å². The number of nitro benzene ring substituents is 1. The predicted molar refractivity (Wildman–Crippen MR) is 55.1 cm³/mol. The van der Waals surface area contributed by atoms with Crippen molar-refractivity contribution in [3.05, 3.63) is 39.7 Å². The van der Waals surface area contributed by atoms with Crippen LogP contribution in [0.2, 0.25) is 0 Å². The van der Waals surface area contributed by atoms with Crippen molar-refractivity contribution in [1.82, 2.24) is 5.32 Å². The van der Waals surface area contributed by atoms with E-state index in [9.17, 15) is 14.5 Å². The highest BCUT2D eigenvalue weighted by Crippen LogP contribution is 2.15. The average Bonchev–Trinajstić information content (AvgIpc) is 2.17. The molecule has 0 amide bonds. The van der Waals surface area contributed by atoms with Crippen LogP contribution < -0.4 is 5.32 Å². The Kier molecular flexibility index (Phi) is 4.17. The monoisotopic (exact) mass is 212 g/mol. The van der Waals surface area contributed by atoms with Gasteiger partial charge in [0.15, 0.2) is 0 Å². The van der Waals surface area contributed by atoms with Crippen LogP contribution in [0.4, 0.5) is 10.1 Å². The van der Waals surface area contributed by atoms with Gasteiger partial charge in [-0.05, 0) is 24.6 Å². The highest BCUT2D eigenvalue weighted by atomic mass is 19.1. The fourth-order valence-electron chi connectivity index (χ4n) is 1.25. The van der Waals surface area contributed by atoms with Gasteiger partial charge >= 0.3 is 0 Å². The van der Waals surface area contributed by atoms with E-state index in [1.54, 1.807) is 0 Å². The molecule has 0 atom stereocenters. The summed E-state index contributed by atoms with van der Waals surface area (Å²) in [5.74, 6) is -0.572. The van der Waals surface area contributed by atoms with Crippen LogP contribution in [0.1, 0.15) is 18.9 Å². The van der Waals surface area contributed by atoms with Gasteiger partial charge in [-0.25, -0.2) is 4.39 Å². The molecule has 1 rings (SSSR count). The number of halogens is 1. The van der Waals surface area contributed by atoms with E-state index in [0.717, 1.165) is 19.0 Å². The van der Waals surface area contributed by atoms with Gasteiger partial charge in [-0.1, -0.05) is 6.92 Å². The quantitative estimate of drug-likeness (QED) is 0.462. The lowest BCUT2D eigenvalue weighted by atomic mass is 10.2. The minimum atomic E-state index is -0.591. The topological polar surface area (TPSA) is 55.2 Å². The number of hydrogen-bond donors (Lipinski definition) is 1. The fourth-order valence-corrected chi connectivity index (χ4v) is 1.25. The first-order chi connectivity index (χ1) is 7.13. The normalized spacial score (nSPS) is 10.3. The molecule has 0 aliphatic carbocycles. The molecule has 0 aliphatic heterocycles. The molecule has 1 N–H and O–H groups in total. The Morgan fingerprint density at radius 1 is 1.47 bits per heavy atom. The van der Waals surface area contributed by atoms with Crippen molar-refractivity contribution in [3.63, 3.8) is 0 Å². The van der Waals surface area contributed by atoms with Crippen molar-refractivity contribution in [3.8, 4) is 0 Å². The second-order valence-corrected chi connectivity index (χ2v) is 3.25. The molecule has 0 saturated carbocycles. The van der Waals surface area contributed by atoms with E-state index in [1.165, 1.54) is 12.1 Å². The third-order valence-corrected chi connectivity index (χ3v) is 1.91. The third kappa shape index (κ3) is 3.63. The number of nitrogens with one attached hydrogen (secondary N) is 1. The first kappa shape index (κ1) is 11.6. The molecule has 0 aliphatic rings. The van der Waals surface area contributed by atoms with E-state index in [-0.39, 0.29) is 5.69 Å². The molecule has 0 bridgehead atoms. The minimum Gasteiger partial charge on any atom is -0.313 e. The molecule has 1 aromatic carbocycles. The summed E-state index contributed by atoms with van der Waals surface area (Å²) in [4.78, 5) is 9.86. The number of nitro groups is 1. The van der Waals surface area contributed by atoms with Crippen molar-refractivity contribution < 1.29 is 9.31 Å². The number of non-ortho nitro benzene ring substituents is 1. The molecule has 0 aromatic heterocycles. The molecule has 0 saturated heterocycles. The number of hydrogen-bond acceptors (Lipinski definition) is 3. The lowest BCUT2D eigenvalue weighted by Gasteiger charge is -2.03. The molecule has 1 aromatic rings. The van der Waals surface area contributed by atoms with Crippen LogP contribution in [0.25, 0.3) is 0 Å². The molecule has 0 unspecified atom stereocenters. The Labute approximate surface area is 87.3 Å². The van der Waals surface area contributed by atoms with Crippen LogP contribution in [0.15, 0.2) is 18.2 Å². The van der Waals surface area contributed by atoms with Crippen molar-refractivity contribution in [2.45, 2.75) is 19.9 Å². The van der Waals surface area contributed by atoms with Gasteiger partial charge in [0.2, 0.25) is 0 Å². The molecule has 0 spiro atoms. The molecule has 0 radical (unpaired) electrons. The van der Waals surface area contributed by atoms with Gasteiger partial charge in [0.25, 0.3) is 5.69 Å². The van der Waals surface area contributed by atoms with Crippen molar-refractivity contribution >= 4 is 5.69 Å². The molecule has 0 fully saturated rings. The molecular formula is C10H13FN2O2. The summed E-state index contributed by atoms with van der Waals surface area (Å²) in [5, 5.41) is 13.5. The predicted octanol–water partition coefficient (Wildman–Crippen LogP) is 2.23. The maximum Gasteiger partial charge on any atom is 0.272 e. The lowest BCUT2D eigenvalue weighted by Crippen LogP contribution is -2.14. The summed E-state index contributed by atoms with van der Waals surface area (Å²) in [6, 6.07) is 3.60. The van der Waals surface area contributed by atoms with Crippen LogP contribution in [0, 0.1) is 15.9 Å². The van der Waals surface area contributed by atoms with E-state index in [1.807, 2.05) is 6.92 Å². The van der Waals surface area contributed by atoms with E-state index in [2.05, 4.69) is 5.32 Å². The highest BCUT2D eigenvalue weighted by Gasteiger charge is 2.09. The molecular weight excluding hydrogens is 199 g/mol. The maximum atomic E-state index is 13.0. The van der Waals surface area contributed by atoms with Crippen LogP contribution in [0.3, 0.4) is 0 Å². The Morgan fingerprint density at radius 2 is 2.20 bits per heavy atom. The van der Waals surface area contributed by atoms with Crippen LogP contribution in [0.5, 0.6) is 0 Å². The van der Waals surface area contributed by atoms with Gasteiger partial charge in [-0.3, -0.25) is 10.1 Å². The summed E-state index contributed by atoms with van der Waals surface area (Å²) in [6.07, 6.45) is 0.970. The fraction of sp³-hybridized carbons (Fsp3) is 0.400. The minimum absolute atomic E-state index is 0.205. The van der Waals surface area contributed by atoms with Gasteiger partial charge in [-0.2, -0.15) is 0 Å². The van der Waals surface area contributed by atoms with E-state index in [4.69, 9.17) is 0 Å². The zero-order chi connectivity index (χ0) is 11.3. The Hall–Kier alpha value is -1.49. The van der Waals surface area contributed by atoms with Gasteiger partial charge in [0.1, 0.15) is 5.82 Å². The summed E-state index contributed by atoms with van der Waals surface area (Å²) in [7, 11) is 0. The summed E-state index contributed by atoms with van der Waals surface area (Å²) >= 11 is 0. The number of nitrogens with zero attached hydrogens (tertiary/aromatic N) is 1. The third-order valence-electron chi connectivity index (χ3n) is 1.91.